The largest absolute Gasteiger partial charge is 0.508 e. The monoisotopic (exact) mass is 618 g/mol. The summed E-state index contributed by atoms with van der Waals surface area (Å²) in [6, 6.07) is 17.1. The molecule has 45 heavy (non-hydrogen) atoms. The number of ether oxygens (including phenoxy) is 1. The minimum Gasteiger partial charge on any atom is -0.508 e. The molecule has 2 atom stereocenters. The molecular formula is C35H46N4O6. The van der Waals surface area contributed by atoms with E-state index in [9.17, 15) is 24.3 Å². The lowest BCUT2D eigenvalue weighted by molar-refractivity contribution is -0.141. The summed E-state index contributed by atoms with van der Waals surface area (Å²) in [6.07, 6.45) is 3.37. The first-order valence-corrected chi connectivity index (χ1v) is 15.5. The zero-order chi connectivity index (χ0) is 33.0. The number of phenolic OH excluding ortho intramolecular Hbond substituents is 1. The van der Waals surface area contributed by atoms with E-state index in [0.29, 0.717) is 17.7 Å². The SMILES string of the molecule is CCCCCCCN(C(=O)C(CCC(N)=O)NC(=O)OC(C)(C)C)C(C(=O)Nc1ccc2ccccc2c1)c1cccc(O)c1. The average Bonchev–Trinajstić information content (AvgIpc) is 2.97. The van der Waals surface area contributed by atoms with Crippen LogP contribution in [0.1, 0.15) is 84.2 Å². The summed E-state index contributed by atoms with van der Waals surface area (Å²) in [5, 5.41) is 17.9. The number of phenols is 1. The first kappa shape index (κ1) is 34.9. The lowest BCUT2D eigenvalue weighted by atomic mass is 10.00. The molecule has 10 heteroatoms. The molecule has 0 saturated carbocycles. The molecule has 5 N–H and O–H groups in total. The molecule has 0 spiro atoms. The number of alkyl carbamates (subject to hydrolysis) is 1. The van der Waals surface area contributed by atoms with E-state index in [1.807, 2.05) is 36.4 Å². The minimum absolute atomic E-state index is 0.0662. The van der Waals surface area contributed by atoms with Crippen molar-refractivity contribution in [2.24, 2.45) is 5.73 Å². The van der Waals surface area contributed by atoms with Crippen molar-refractivity contribution in [2.75, 3.05) is 11.9 Å². The Bertz CT molecular complexity index is 1470. The highest BCUT2D eigenvalue weighted by atomic mass is 16.6. The number of hydrogen-bond acceptors (Lipinski definition) is 6. The Labute approximate surface area is 265 Å². The fourth-order valence-electron chi connectivity index (χ4n) is 5.09. The zero-order valence-electron chi connectivity index (χ0n) is 26.7. The van der Waals surface area contributed by atoms with Crippen LogP contribution >= 0.6 is 0 Å². The van der Waals surface area contributed by atoms with Crippen molar-refractivity contribution in [2.45, 2.75) is 90.3 Å². The number of anilines is 1. The quantitative estimate of drug-likeness (QED) is 0.149. The third kappa shape index (κ3) is 11.1. The Balaban J connectivity index is 2.03. The second kappa shape index (κ2) is 16.5. The zero-order valence-corrected chi connectivity index (χ0v) is 26.7. The van der Waals surface area contributed by atoms with Crippen LogP contribution in [0.25, 0.3) is 10.8 Å². The molecule has 242 valence electrons. The van der Waals surface area contributed by atoms with Gasteiger partial charge in [0.15, 0.2) is 0 Å². The van der Waals surface area contributed by atoms with Crippen LogP contribution in [0, 0.1) is 0 Å². The number of aromatic hydroxyl groups is 1. The van der Waals surface area contributed by atoms with Gasteiger partial charge in [0.05, 0.1) is 0 Å². The first-order chi connectivity index (χ1) is 21.4. The summed E-state index contributed by atoms with van der Waals surface area (Å²) < 4.78 is 5.40. The van der Waals surface area contributed by atoms with Gasteiger partial charge in [-0.2, -0.15) is 0 Å². The highest BCUT2D eigenvalue weighted by molar-refractivity contribution is 6.00. The lowest BCUT2D eigenvalue weighted by Crippen LogP contribution is -2.52. The maximum absolute atomic E-state index is 14.4. The fourth-order valence-corrected chi connectivity index (χ4v) is 5.09. The molecular weight excluding hydrogens is 572 g/mol. The normalized spacial score (nSPS) is 12.6. The summed E-state index contributed by atoms with van der Waals surface area (Å²) in [7, 11) is 0. The van der Waals surface area contributed by atoms with Gasteiger partial charge in [-0.05, 0) is 74.2 Å². The molecule has 2 unspecified atom stereocenters. The van der Waals surface area contributed by atoms with Gasteiger partial charge in [0, 0.05) is 18.7 Å². The van der Waals surface area contributed by atoms with Gasteiger partial charge in [-0.15, -0.1) is 0 Å². The molecule has 3 rings (SSSR count). The molecule has 0 radical (unpaired) electrons. The van der Waals surface area contributed by atoms with Crippen molar-refractivity contribution in [3.8, 4) is 5.75 Å². The summed E-state index contributed by atoms with van der Waals surface area (Å²) in [4.78, 5) is 54.5. The molecule has 0 aliphatic rings. The fraction of sp³-hybridized carbons (Fsp3) is 0.429. The first-order valence-electron chi connectivity index (χ1n) is 15.5. The summed E-state index contributed by atoms with van der Waals surface area (Å²) in [6.45, 7) is 7.40. The number of unbranched alkanes of at least 4 members (excludes halogenated alkanes) is 4. The van der Waals surface area contributed by atoms with Gasteiger partial charge < -0.3 is 31.1 Å². The second-order valence-electron chi connectivity index (χ2n) is 12.2. The van der Waals surface area contributed by atoms with Crippen molar-refractivity contribution in [1.82, 2.24) is 10.2 Å². The van der Waals surface area contributed by atoms with Gasteiger partial charge in [0.25, 0.3) is 5.91 Å². The molecule has 3 aromatic carbocycles. The maximum atomic E-state index is 14.4. The number of carbonyl (C=O) groups excluding carboxylic acids is 4. The number of nitrogens with one attached hydrogen (secondary N) is 2. The molecule has 0 bridgehead atoms. The van der Waals surface area contributed by atoms with Crippen molar-refractivity contribution in [3.05, 3.63) is 72.3 Å². The van der Waals surface area contributed by atoms with Crippen molar-refractivity contribution < 1.29 is 29.0 Å². The molecule has 0 aliphatic carbocycles. The Morgan fingerprint density at radius 1 is 0.911 bits per heavy atom. The number of rotatable bonds is 15. The Morgan fingerprint density at radius 2 is 1.62 bits per heavy atom. The Kier molecular flexibility index (Phi) is 12.8. The topological polar surface area (TPSA) is 151 Å². The van der Waals surface area contributed by atoms with E-state index in [2.05, 4.69) is 17.6 Å². The maximum Gasteiger partial charge on any atom is 0.408 e. The van der Waals surface area contributed by atoms with Crippen molar-refractivity contribution in [3.63, 3.8) is 0 Å². The number of nitrogens with zero attached hydrogens (tertiary/aromatic N) is 1. The minimum atomic E-state index is -1.20. The molecule has 0 aliphatic heterocycles. The standard InChI is InChI=1S/C35H46N4O6/c1-5-6-7-8-11-21-39(33(43)29(19-20-30(36)41)38-34(44)45-35(2,3)4)31(26-15-12-16-28(40)23-26)32(42)37-27-18-17-24-13-9-10-14-25(24)22-27/h9-10,12-18,22-23,29,31,40H,5-8,11,19-21H2,1-4H3,(H2,36,41)(H,37,42)(H,38,44). The molecule has 0 aromatic heterocycles. The predicted molar refractivity (Wildman–Crippen MR) is 175 cm³/mol. The van der Waals surface area contributed by atoms with Crippen molar-refractivity contribution in [1.29, 1.82) is 0 Å². The van der Waals surface area contributed by atoms with Gasteiger partial charge in [0.1, 0.15) is 23.4 Å². The number of benzene rings is 3. The van der Waals surface area contributed by atoms with E-state index in [1.165, 1.54) is 17.0 Å². The average molecular weight is 619 g/mol. The molecule has 0 heterocycles. The van der Waals surface area contributed by atoms with Crippen LogP contribution in [-0.4, -0.2) is 52.0 Å². The molecule has 10 nitrogen and oxygen atoms in total. The van der Waals surface area contributed by atoms with Crippen LogP contribution in [0.4, 0.5) is 10.5 Å². The van der Waals surface area contributed by atoms with E-state index < -0.39 is 41.5 Å². The smallest absolute Gasteiger partial charge is 0.408 e. The highest BCUT2D eigenvalue weighted by Crippen LogP contribution is 2.29. The van der Waals surface area contributed by atoms with Gasteiger partial charge in [0.2, 0.25) is 11.8 Å². The second-order valence-corrected chi connectivity index (χ2v) is 12.2. The van der Waals surface area contributed by atoms with E-state index in [4.69, 9.17) is 10.5 Å². The van der Waals surface area contributed by atoms with Crippen LogP contribution < -0.4 is 16.4 Å². The lowest BCUT2D eigenvalue weighted by Gasteiger charge is -2.34. The van der Waals surface area contributed by atoms with Crippen LogP contribution in [0.3, 0.4) is 0 Å². The number of carbonyl (C=O) groups is 4. The van der Waals surface area contributed by atoms with E-state index in [0.717, 1.165) is 36.5 Å². The summed E-state index contributed by atoms with van der Waals surface area (Å²) in [5.41, 5.74) is 5.52. The third-order valence-electron chi connectivity index (χ3n) is 7.22. The number of amides is 4. The van der Waals surface area contributed by atoms with Gasteiger partial charge in [-0.3, -0.25) is 14.4 Å². The van der Waals surface area contributed by atoms with Gasteiger partial charge >= 0.3 is 6.09 Å². The van der Waals surface area contributed by atoms with E-state index in [-0.39, 0.29) is 25.1 Å². The number of fused-ring (bicyclic) bond motifs is 1. The number of primary amides is 1. The van der Waals surface area contributed by atoms with Gasteiger partial charge in [-0.1, -0.05) is 75.1 Å². The molecule has 4 amide bonds. The van der Waals surface area contributed by atoms with Crippen LogP contribution in [0.15, 0.2) is 66.7 Å². The predicted octanol–water partition coefficient (Wildman–Crippen LogP) is 6.18. The van der Waals surface area contributed by atoms with Crippen LogP contribution in [0.5, 0.6) is 5.75 Å². The molecule has 0 saturated heterocycles. The number of hydrogen-bond donors (Lipinski definition) is 4. The summed E-state index contributed by atoms with van der Waals surface area (Å²) >= 11 is 0. The third-order valence-corrected chi connectivity index (χ3v) is 7.22. The van der Waals surface area contributed by atoms with E-state index >= 15 is 0 Å². The molecule has 3 aromatic rings. The van der Waals surface area contributed by atoms with E-state index in [1.54, 1.807) is 39.0 Å². The Morgan fingerprint density at radius 3 is 2.29 bits per heavy atom. The molecule has 0 fully saturated rings. The Hall–Kier alpha value is -4.60. The van der Waals surface area contributed by atoms with Crippen molar-refractivity contribution >= 4 is 40.3 Å². The van der Waals surface area contributed by atoms with Gasteiger partial charge in [-0.25, -0.2) is 4.79 Å². The van der Waals surface area contributed by atoms with Crippen LogP contribution in [0.2, 0.25) is 0 Å². The number of nitrogens with two attached hydrogens (primary N) is 1. The summed E-state index contributed by atoms with van der Waals surface area (Å²) in [5.74, 6) is -1.77. The van der Waals surface area contributed by atoms with Crippen LogP contribution in [-0.2, 0) is 19.1 Å². The highest BCUT2D eigenvalue weighted by Gasteiger charge is 2.36.